The lowest BCUT2D eigenvalue weighted by Gasteiger charge is -2.41. The van der Waals surface area contributed by atoms with Crippen LogP contribution in [0.4, 0.5) is 0 Å². The SMILES string of the molecule is CC(C)=CCCC(C)C1[C@@H](O)C/C(C)=C/C/C=C2/C(=O)O[C@H](O)[C@@]21C. The molecule has 2 rings (SSSR count). The van der Waals surface area contributed by atoms with Crippen LogP contribution in [0.2, 0.25) is 0 Å². The average Bonchev–Trinajstić information content (AvgIpc) is 2.72. The summed E-state index contributed by atoms with van der Waals surface area (Å²) in [6.45, 7) is 10.1. The first-order valence-corrected chi connectivity index (χ1v) is 9.24. The first-order valence-electron chi connectivity index (χ1n) is 9.24. The highest BCUT2D eigenvalue weighted by atomic mass is 16.6. The average molecular weight is 348 g/mol. The summed E-state index contributed by atoms with van der Waals surface area (Å²) in [6, 6.07) is 0. The van der Waals surface area contributed by atoms with Crippen LogP contribution in [0.15, 0.2) is 34.9 Å². The summed E-state index contributed by atoms with van der Waals surface area (Å²) in [5, 5.41) is 21.6. The Balaban J connectivity index is 2.41. The standard InChI is InChI=1S/C21H32O4/c1-13(2)8-6-10-15(4)18-17(22)12-14(3)9-7-11-16-19(23)25-20(24)21(16,18)5/h8-9,11,15,17-18,20,22,24H,6-7,10,12H2,1-5H3/b14-9+,16-11-/t15?,17-,18?,20-,21-/m0/s1. The molecule has 25 heavy (non-hydrogen) atoms. The summed E-state index contributed by atoms with van der Waals surface area (Å²) in [6.07, 6.45) is 7.21. The predicted molar refractivity (Wildman–Crippen MR) is 98.6 cm³/mol. The van der Waals surface area contributed by atoms with Crippen molar-refractivity contribution >= 4 is 5.97 Å². The number of esters is 1. The Hall–Kier alpha value is -1.39. The molecule has 1 saturated heterocycles. The van der Waals surface area contributed by atoms with Crippen LogP contribution in [0.5, 0.6) is 0 Å². The minimum absolute atomic E-state index is 0.133. The highest BCUT2D eigenvalue weighted by molar-refractivity contribution is 5.92. The summed E-state index contributed by atoms with van der Waals surface area (Å²) >= 11 is 0. The molecule has 0 amide bonds. The van der Waals surface area contributed by atoms with E-state index < -0.39 is 23.8 Å². The smallest absolute Gasteiger partial charge is 0.336 e. The van der Waals surface area contributed by atoms with Gasteiger partial charge in [0.25, 0.3) is 0 Å². The monoisotopic (exact) mass is 348 g/mol. The Kier molecular flexibility index (Phi) is 6.28. The molecule has 0 aromatic rings. The number of cyclic esters (lactones) is 1. The Labute approximate surface area is 151 Å². The zero-order valence-electron chi connectivity index (χ0n) is 16.1. The molecule has 5 atom stereocenters. The molecule has 0 radical (unpaired) electrons. The minimum atomic E-state index is -1.21. The van der Waals surface area contributed by atoms with Crippen molar-refractivity contribution in [3.63, 3.8) is 0 Å². The summed E-state index contributed by atoms with van der Waals surface area (Å²) in [5.74, 6) is -0.585. The van der Waals surface area contributed by atoms with Crippen molar-refractivity contribution in [3.8, 4) is 0 Å². The van der Waals surface area contributed by atoms with Crippen LogP contribution in [-0.4, -0.2) is 28.6 Å². The normalized spacial score (nSPS) is 38.0. The molecular formula is C21H32O4. The second-order valence-electron chi connectivity index (χ2n) is 8.08. The fraction of sp³-hybridized carbons (Fsp3) is 0.667. The first-order chi connectivity index (χ1) is 11.7. The van der Waals surface area contributed by atoms with Gasteiger partial charge in [0.05, 0.1) is 11.5 Å². The Morgan fingerprint density at radius 2 is 2.08 bits per heavy atom. The van der Waals surface area contributed by atoms with Crippen molar-refractivity contribution in [2.45, 2.75) is 72.7 Å². The van der Waals surface area contributed by atoms with E-state index in [-0.39, 0.29) is 11.8 Å². The maximum atomic E-state index is 12.3. The van der Waals surface area contributed by atoms with Gasteiger partial charge in [0.15, 0.2) is 0 Å². The van der Waals surface area contributed by atoms with E-state index in [1.54, 1.807) is 0 Å². The maximum Gasteiger partial charge on any atom is 0.336 e. The number of aliphatic hydroxyl groups is 2. The Morgan fingerprint density at radius 3 is 2.72 bits per heavy atom. The van der Waals surface area contributed by atoms with Gasteiger partial charge in [0, 0.05) is 11.5 Å². The lowest BCUT2D eigenvalue weighted by Crippen LogP contribution is -2.46. The second-order valence-corrected chi connectivity index (χ2v) is 8.08. The second kappa shape index (κ2) is 7.88. The molecule has 0 saturated carbocycles. The van der Waals surface area contributed by atoms with E-state index in [1.165, 1.54) is 5.57 Å². The van der Waals surface area contributed by atoms with Crippen molar-refractivity contribution in [1.82, 2.24) is 0 Å². The fourth-order valence-electron chi connectivity index (χ4n) is 4.39. The zero-order chi connectivity index (χ0) is 18.8. The molecule has 1 aliphatic heterocycles. The van der Waals surface area contributed by atoms with Gasteiger partial charge < -0.3 is 14.9 Å². The number of ether oxygens (including phenoxy) is 1. The Bertz CT molecular complexity index is 597. The van der Waals surface area contributed by atoms with Gasteiger partial charge in [0.2, 0.25) is 6.29 Å². The quantitative estimate of drug-likeness (QED) is 0.597. The summed E-state index contributed by atoms with van der Waals surface area (Å²) in [7, 11) is 0. The molecule has 0 bridgehead atoms. The number of allylic oxidation sites excluding steroid dienone is 4. The number of carbonyl (C=O) groups excluding carboxylic acids is 1. The van der Waals surface area contributed by atoms with Gasteiger partial charge in [-0.1, -0.05) is 36.3 Å². The van der Waals surface area contributed by atoms with Crippen molar-refractivity contribution in [1.29, 1.82) is 0 Å². The summed E-state index contributed by atoms with van der Waals surface area (Å²) in [4.78, 5) is 12.3. The minimum Gasteiger partial charge on any atom is -0.432 e. The molecule has 2 aliphatic rings. The van der Waals surface area contributed by atoms with Crippen LogP contribution in [0.1, 0.15) is 60.3 Å². The van der Waals surface area contributed by atoms with Crippen LogP contribution >= 0.6 is 0 Å². The number of hydrogen-bond donors (Lipinski definition) is 2. The molecule has 4 heteroatoms. The molecule has 1 aliphatic carbocycles. The molecule has 4 nitrogen and oxygen atoms in total. The molecule has 1 heterocycles. The van der Waals surface area contributed by atoms with E-state index in [4.69, 9.17) is 4.74 Å². The molecule has 1 fully saturated rings. The van der Waals surface area contributed by atoms with Crippen LogP contribution in [0, 0.1) is 17.3 Å². The molecule has 0 aromatic carbocycles. The van der Waals surface area contributed by atoms with Gasteiger partial charge in [0.1, 0.15) is 0 Å². The molecule has 2 unspecified atom stereocenters. The topological polar surface area (TPSA) is 66.8 Å². The fourth-order valence-corrected chi connectivity index (χ4v) is 4.39. The van der Waals surface area contributed by atoms with E-state index in [0.717, 1.165) is 18.4 Å². The molecule has 2 N–H and O–H groups in total. The number of hydrogen-bond acceptors (Lipinski definition) is 4. The molecule has 0 spiro atoms. The Morgan fingerprint density at radius 1 is 1.40 bits per heavy atom. The van der Waals surface area contributed by atoms with Crippen molar-refractivity contribution < 1.29 is 19.7 Å². The van der Waals surface area contributed by atoms with Crippen LogP contribution in [-0.2, 0) is 9.53 Å². The van der Waals surface area contributed by atoms with Gasteiger partial charge >= 0.3 is 5.97 Å². The van der Waals surface area contributed by atoms with Crippen molar-refractivity contribution in [2.24, 2.45) is 17.3 Å². The summed E-state index contributed by atoms with van der Waals surface area (Å²) < 4.78 is 5.17. The lowest BCUT2D eigenvalue weighted by atomic mass is 9.63. The zero-order valence-corrected chi connectivity index (χ0v) is 16.1. The predicted octanol–water partition coefficient (Wildman–Crippen LogP) is 3.89. The number of fused-ring (bicyclic) bond motifs is 1. The molecule has 140 valence electrons. The van der Waals surface area contributed by atoms with E-state index >= 15 is 0 Å². The van der Waals surface area contributed by atoms with Crippen molar-refractivity contribution in [3.05, 3.63) is 34.9 Å². The van der Waals surface area contributed by atoms with Crippen LogP contribution in [0.25, 0.3) is 0 Å². The summed E-state index contributed by atoms with van der Waals surface area (Å²) in [5.41, 5.74) is 1.99. The van der Waals surface area contributed by atoms with E-state index in [1.807, 2.05) is 26.0 Å². The number of carbonyl (C=O) groups is 1. The number of rotatable bonds is 4. The lowest BCUT2D eigenvalue weighted by molar-refractivity contribution is -0.171. The van der Waals surface area contributed by atoms with E-state index in [9.17, 15) is 15.0 Å². The van der Waals surface area contributed by atoms with Gasteiger partial charge in [-0.3, -0.25) is 0 Å². The van der Waals surface area contributed by atoms with Crippen molar-refractivity contribution in [2.75, 3.05) is 0 Å². The third-order valence-electron chi connectivity index (χ3n) is 5.75. The first kappa shape index (κ1) is 19.9. The number of aliphatic hydroxyl groups excluding tert-OH is 2. The van der Waals surface area contributed by atoms with Gasteiger partial charge in [-0.25, -0.2) is 4.79 Å². The van der Waals surface area contributed by atoms with Gasteiger partial charge in [-0.05, 0) is 59.3 Å². The largest absolute Gasteiger partial charge is 0.432 e. The van der Waals surface area contributed by atoms with Crippen LogP contribution in [0.3, 0.4) is 0 Å². The molecule has 0 aromatic heterocycles. The van der Waals surface area contributed by atoms with Gasteiger partial charge in [-0.15, -0.1) is 0 Å². The van der Waals surface area contributed by atoms with Crippen LogP contribution < -0.4 is 0 Å². The van der Waals surface area contributed by atoms with E-state index in [0.29, 0.717) is 18.4 Å². The highest BCUT2D eigenvalue weighted by Gasteiger charge is 2.57. The maximum absolute atomic E-state index is 12.3. The van der Waals surface area contributed by atoms with E-state index in [2.05, 4.69) is 26.8 Å². The third kappa shape index (κ3) is 4.06. The molecular weight excluding hydrogens is 316 g/mol. The third-order valence-corrected chi connectivity index (χ3v) is 5.75. The highest BCUT2D eigenvalue weighted by Crippen LogP contribution is 2.51. The van der Waals surface area contributed by atoms with Gasteiger partial charge in [-0.2, -0.15) is 0 Å².